The van der Waals surface area contributed by atoms with E-state index in [0.29, 0.717) is 12.8 Å². The zero-order valence-corrected chi connectivity index (χ0v) is 23.2. The molecule has 0 aliphatic heterocycles. The molecule has 0 spiro atoms. The molecule has 4 rings (SSSR count). The van der Waals surface area contributed by atoms with Gasteiger partial charge in [0, 0.05) is 17.2 Å². The highest BCUT2D eigenvalue weighted by atomic mass is 19.4. The van der Waals surface area contributed by atoms with Crippen molar-refractivity contribution >= 4 is 23.2 Å². The van der Waals surface area contributed by atoms with Crippen LogP contribution < -0.4 is 10.2 Å². The molecular formula is C30H20F11N3O2. The molecule has 46 heavy (non-hydrogen) atoms. The standard InChI is InChI=1S/C30H20F11N3O2/c1-15(17-9-10-17)44(26(46)18-7-5-16(14-42)6-8-18)23-4-2-3-20(24(23)31)25(45)43-22-12-11-19(13-21(22)28(33,34)35)27(32,29(36,37)38)30(39,40)41/h2-8,11-13,15,17H,9-10H2,1H3,(H,43,45). The normalized spacial score (nSPS) is 14.8. The van der Waals surface area contributed by atoms with Gasteiger partial charge in [0.05, 0.1) is 34.1 Å². The highest BCUT2D eigenvalue weighted by Gasteiger charge is 2.73. The maximum Gasteiger partial charge on any atom is 0.435 e. The molecule has 2 amide bonds. The van der Waals surface area contributed by atoms with E-state index >= 15 is 4.39 Å². The van der Waals surface area contributed by atoms with Gasteiger partial charge in [-0.1, -0.05) is 12.1 Å². The molecule has 0 bridgehead atoms. The molecule has 0 heterocycles. The van der Waals surface area contributed by atoms with Gasteiger partial charge in [-0.3, -0.25) is 9.59 Å². The SMILES string of the molecule is CC(C1CC1)N(C(=O)c1ccc(C#N)cc1)c1cccc(C(=O)Nc2ccc(C(F)(C(F)(F)F)C(F)(F)F)cc2C(F)(F)F)c1F. The lowest BCUT2D eigenvalue weighted by Crippen LogP contribution is -2.50. The number of benzene rings is 3. The lowest BCUT2D eigenvalue weighted by molar-refractivity contribution is -0.348. The molecule has 3 aromatic rings. The van der Waals surface area contributed by atoms with Crippen LogP contribution >= 0.6 is 0 Å². The minimum absolute atomic E-state index is 0.0144. The Morgan fingerprint density at radius 3 is 1.98 bits per heavy atom. The number of amides is 2. The molecule has 5 nitrogen and oxygen atoms in total. The second-order valence-electron chi connectivity index (χ2n) is 10.4. The number of anilines is 2. The van der Waals surface area contributed by atoms with Crippen molar-refractivity contribution in [2.24, 2.45) is 5.92 Å². The van der Waals surface area contributed by atoms with Gasteiger partial charge in [0.1, 0.15) is 0 Å². The van der Waals surface area contributed by atoms with Crippen LogP contribution in [0.15, 0.2) is 60.7 Å². The molecule has 0 aromatic heterocycles. The fourth-order valence-electron chi connectivity index (χ4n) is 4.79. The van der Waals surface area contributed by atoms with Crippen molar-refractivity contribution in [2.45, 2.75) is 50.0 Å². The number of nitrogens with zero attached hydrogens (tertiary/aromatic N) is 2. The summed E-state index contributed by atoms with van der Waals surface area (Å²) in [6.45, 7) is 1.61. The largest absolute Gasteiger partial charge is 0.435 e. The Morgan fingerprint density at radius 2 is 1.48 bits per heavy atom. The summed E-state index contributed by atoms with van der Waals surface area (Å²) in [4.78, 5) is 27.6. The lowest BCUT2D eigenvalue weighted by Gasteiger charge is -2.31. The van der Waals surface area contributed by atoms with E-state index in [2.05, 4.69) is 0 Å². The first kappa shape index (κ1) is 34.2. The Morgan fingerprint density at radius 1 is 0.891 bits per heavy atom. The molecule has 1 fully saturated rings. The van der Waals surface area contributed by atoms with E-state index < -0.39 is 82.0 Å². The van der Waals surface area contributed by atoms with Crippen LogP contribution in [-0.4, -0.2) is 30.2 Å². The Balaban J connectivity index is 1.75. The second-order valence-corrected chi connectivity index (χ2v) is 10.4. The molecule has 1 aliphatic carbocycles. The molecule has 1 aliphatic rings. The number of alkyl halides is 10. The first-order valence-corrected chi connectivity index (χ1v) is 13.2. The van der Waals surface area contributed by atoms with Crippen LogP contribution in [0.25, 0.3) is 0 Å². The van der Waals surface area contributed by atoms with E-state index in [1.54, 1.807) is 12.2 Å². The summed E-state index contributed by atoms with van der Waals surface area (Å²) in [7, 11) is 0. The van der Waals surface area contributed by atoms with Crippen molar-refractivity contribution < 1.29 is 57.9 Å². The van der Waals surface area contributed by atoms with E-state index in [0.717, 1.165) is 23.1 Å². The number of halogens is 11. The molecule has 1 atom stereocenters. The Labute approximate surface area is 253 Å². The molecule has 1 saturated carbocycles. The molecule has 1 unspecified atom stereocenters. The van der Waals surface area contributed by atoms with E-state index in [1.807, 2.05) is 6.07 Å². The molecule has 0 saturated heterocycles. The lowest BCUT2D eigenvalue weighted by atomic mass is 9.92. The van der Waals surface area contributed by atoms with Crippen molar-refractivity contribution in [1.29, 1.82) is 5.26 Å². The first-order valence-electron chi connectivity index (χ1n) is 13.2. The van der Waals surface area contributed by atoms with Gasteiger partial charge in [-0.15, -0.1) is 0 Å². The summed E-state index contributed by atoms with van der Waals surface area (Å²) in [6.07, 6.45) is -17.8. The summed E-state index contributed by atoms with van der Waals surface area (Å²) in [6, 6.07) is 8.61. The molecular weight excluding hydrogens is 643 g/mol. The van der Waals surface area contributed by atoms with Crippen LogP contribution in [0.4, 0.5) is 59.7 Å². The second kappa shape index (κ2) is 11.9. The van der Waals surface area contributed by atoms with Crippen LogP contribution in [0, 0.1) is 23.1 Å². The molecule has 0 radical (unpaired) electrons. The summed E-state index contributed by atoms with van der Waals surface area (Å²) in [5, 5.41) is 10.6. The number of hydrogen-bond acceptors (Lipinski definition) is 3. The number of carbonyl (C=O) groups excluding carboxylic acids is 2. The Hall–Kier alpha value is -4.68. The van der Waals surface area contributed by atoms with Gasteiger partial charge < -0.3 is 10.2 Å². The molecule has 16 heteroatoms. The fraction of sp³-hybridized carbons (Fsp3) is 0.300. The Bertz CT molecular complexity index is 1670. The van der Waals surface area contributed by atoms with E-state index in [-0.39, 0.29) is 29.2 Å². The molecule has 244 valence electrons. The maximum absolute atomic E-state index is 15.9. The third-order valence-electron chi connectivity index (χ3n) is 7.43. The predicted molar refractivity (Wildman–Crippen MR) is 141 cm³/mol. The van der Waals surface area contributed by atoms with Crippen molar-refractivity contribution in [2.75, 3.05) is 10.2 Å². The van der Waals surface area contributed by atoms with Crippen LogP contribution in [0.2, 0.25) is 0 Å². The quantitative estimate of drug-likeness (QED) is 0.257. The van der Waals surface area contributed by atoms with Crippen LogP contribution in [0.1, 0.15) is 57.2 Å². The van der Waals surface area contributed by atoms with Gasteiger partial charge in [0.15, 0.2) is 5.82 Å². The fourth-order valence-corrected chi connectivity index (χ4v) is 4.79. The third-order valence-corrected chi connectivity index (χ3v) is 7.43. The molecule has 3 aromatic carbocycles. The van der Waals surface area contributed by atoms with E-state index in [1.165, 1.54) is 24.3 Å². The summed E-state index contributed by atoms with van der Waals surface area (Å²) < 4.78 is 151. The van der Waals surface area contributed by atoms with Crippen LogP contribution in [-0.2, 0) is 11.8 Å². The topological polar surface area (TPSA) is 73.2 Å². The smallest absolute Gasteiger partial charge is 0.321 e. The number of rotatable bonds is 7. The van der Waals surface area contributed by atoms with Gasteiger partial charge in [-0.25, -0.2) is 8.78 Å². The zero-order chi connectivity index (χ0) is 34.4. The zero-order valence-electron chi connectivity index (χ0n) is 23.2. The number of nitriles is 1. The average molecular weight is 663 g/mol. The van der Waals surface area contributed by atoms with Crippen LogP contribution in [0.3, 0.4) is 0 Å². The first-order chi connectivity index (χ1) is 21.2. The van der Waals surface area contributed by atoms with E-state index in [4.69, 9.17) is 5.26 Å². The molecule has 1 N–H and O–H groups in total. The monoisotopic (exact) mass is 663 g/mol. The highest BCUT2D eigenvalue weighted by Crippen LogP contribution is 2.54. The summed E-state index contributed by atoms with van der Waals surface area (Å²) in [5.74, 6) is -3.79. The van der Waals surface area contributed by atoms with Gasteiger partial charge >= 0.3 is 24.2 Å². The highest BCUT2D eigenvalue weighted by molar-refractivity contribution is 6.09. The minimum Gasteiger partial charge on any atom is -0.321 e. The number of carbonyl (C=O) groups is 2. The van der Waals surface area contributed by atoms with Gasteiger partial charge in [0.2, 0.25) is 0 Å². The average Bonchev–Trinajstić information content (AvgIpc) is 3.82. The summed E-state index contributed by atoms with van der Waals surface area (Å²) in [5.41, 5.74) is -13.4. The van der Waals surface area contributed by atoms with Crippen molar-refractivity contribution in [3.05, 3.63) is 94.3 Å². The number of hydrogen-bond donors (Lipinski definition) is 1. The maximum atomic E-state index is 15.9. The van der Waals surface area contributed by atoms with Crippen molar-refractivity contribution in [3.8, 4) is 6.07 Å². The van der Waals surface area contributed by atoms with Crippen LogP contribution in [0.5, 0.6) is 0 Å². The van der Waals surface area contributed by atoms with Crippen molar-refractivity contribution in [3.63, 3.8) is 0 Å². The summed E-state index contributed by atoms with van der Waals surface area (Å²) >= 11 is 0. The number of nitrogens with one attached hydrogen (secondary N) is 1. The van der Waals surface area contributed by atoms with Gasteiger partial charge in [0.25, 0.3) is 11.8 Å². The third kappa shape index (κ3) is 6.35. The van der Waals surface area contributed by atoms with Gasteiger partial charge in [-0.2, -0.15) is 44.8 Å². The van der Waals surface area contributed by atoms with E-state index in [9.17, 15) is 53.5 Å². The van der Waals surface area contributed by atoms with Crippen molar-refractivity contribution in [1.82, 2.24) is 0 Å². The predicted octanol–water partition coefficient (Wildman–Crippen LogP) is 8.70. The Kier molecular flexibility index (Phi) is 8.86. The minimum atomic E-state index is -6.71. The van der Waals surface area contributed by atoms with Gasteiger partial charge in [-0.05, 0) is 74.2 Å².